The summed E-state index contributed by atoms with van der Waals surface area (Å²) in [6.07, 6.45) is 2.69. The fourth-order valence-corrected chi connectivity index (χ4v) is 6.17. The van der Waals surface area contributed by atoms with Gasteiger partial charge in [0.15, 0.2) is 0 Å². The zero-order valence-corrected chi connectivity index (χ0v) is 24.8. The van der Waals surface area contributed by atoms with E-state index in [1.165, 1.54) is 0 Å². The van der Waals surface area contributed by atoms with Crippen molar-refractivity contribution < 1.29 is 15.0 Å². The normalized spacial score (nSPS) is 12.2. The molecule has 5 aromatic rings. The van der Waals surface area contributed by atoms with Gasteiger partial charge in [-0.25, -0.2) is 4.98 Å². The van der Waals surface area contributed by atoms with Crippen LogP contribution in [-0.4, -0.2) is 68.7 Å². The second-order valence-electron chi connectivity index (χ2n) is 10.3. The second-order valence-corrected chi connectivity index (χ2v) is 11.5. The molecule has 3 heterocycles. The summed E-state index contributed by atoms with van der Waals surface area (Å²) >= 11 is 1.66. The molecule has 0 saturated heterocycles. The van der Waals surface area contributed by atoms with E-state index in [-0.39, 0.29) is 31.6 Å². The smallest absolute Gasteiger partial charge is 0.219 e. The van der Waals surface area contributed by atoms with Crippen LogP contribution in [0.2, 0.25) is 0 Å². The van der Waals surface area contributed by atoms with Gasteiger partial charge < -0.3 is 36.5 Å². The number of fused-ring (bicyclic) bond motifs is 1. The summed E-state index contributed by atoms with van der Waals surface area (Å²) in [5.74, 6) is 0.444. The number of aromatic nitrogens is 4. The number of benzene rings is 2. The minimum atomic E-state index is -0.382. The molecule has 8 N–H and O–H groups in total. The van der Waals surface area contributed by atoms with Crippen molar-refractivity contribution in [1.29, 1.82) is 0 Å². The number of aliphatic hydroxyl groups is 2. The van der Waals surface area contributed by atoms with Crippen LogP contribution >= 0.6 is 11.3 Å². The van der Waals surface area contributed by atoms with Crippen LogP contribution in [0.4, 0.5) is 5.69 Å². The highest BCUT2D eigenvalue weighted by Gasteiger charge is 2.19. The Labute approximate surface area is 254 Å². The molecule has 5 rings (SSSR count). The fraction of sp³-hybridized carbons (Fsp3) is 0.323. The summed E-state index contributed by atoms with van der Waals surface area (Å²) in [5.41, 5.74) is 17.1. The number of aliphatic hydroxyl groups excluding tert-OH is 2. The predicted molar refractivity (Wildman–Crippen MR) is 171 cm³/mol. The van der Waals surface area contributed by atoms with Crippen molar-refractivity contribution in [3.8, 4) is 22.0 Å². The number of amides is 1. The third-order valence-corrected chi connectivity index (χ3v) is 8.47. The van der Waals surface area contributed by atoms with Gasteiger partial charge in [0.05, 0.1) is 34.8 Å². The van der Waals surface area contributed by atoms with Crippen LogP contribution in [0.5, 0.6) is 0 Å². The Kier molecular flexibility index (Phi) is 10.2. The first-order valence-corrected chi connectivity index (χ1v) is 15.2. The maximum Gasteiger partial charge on any atom is 0.219 e. The van der Waals surface area contributed by atoms with E-state index in [1.807, 2.05) is 53.4 Å². The van der Waals surface area contributed by atoms with Gasteiger partial charge in [0.2, 0.25) is 5.91 Å². The summed E-state index contributed by atoms with van der Waals surface area (Å²) < 4.78 is 2.18. The third-order valence-electron chi connectivity index (χ3n) is 7.35. The van der Waals surface area contributed by atoms with Gasteiger partial charge in [0.1, 0.15) is 5.82 Å². The second kappa shape index (κ2) is 14.4. The van der Waals surface area contributed by atoms with E-state index in [4.69, 9.17) is 16.5 Å². The topological polar surface area (TPSA) is 171 Å². The molecule has 0 radical (unpaired) electrons. The largest absolute Gasteiger partial charge is 0.395 e. The zero-order valence-electron chi connectivity index (χ0n) is 23.9. The standard InChI is InChI=1S/C31H38N8O3S/c32-11-1-13-39-28-8-4-22(26(19-30(33)42)34-20-24-7-9-29(43-24)25-10-12-35-37-25)18-27(28)36-31(39)21-2-5-23(6-3-21)38(14-16-40)15-17-41/h2-10,12,18,26,34,40-41H,1,11,13-17,19-20,32H2,(H2,33,42)(H,35,37). The molecular formula is C31H38N8O3S. The Hall–Kier alpha value is -4.07. The van der Waals surface area contributed by atoms with E-state index < -0.39 is 0 Å². The number of nitrogens with two attached hydrogens (primary N) is 2. The quantitative estimate of drug-likeness (QED) is 0.100. The molecule has 0 aliphatic rings. The maximum absolute atomic E-state index is 12.0. The van der Waals surface area contributed by atoms with Gasteiger partial charge in [-0.1, -0.05) is 6.07 Å². The maximum atomic E-state index is 12.0. The highest BCUT2D eigenvalue weighted by atomic mass is 32.1. The molecule has 1 atom stereocenters. The van der Waals surface area contributed by atoms with Gasteiger partial charge in [-0.05, 0) is 73.1 Å². The number of nitrogens with zero attached hydrogens (tertiary/aromatic N) is 4. The van der Waals surface area contributed by atoms with E-state index >= 15 is 0 Å². The Morgan fingerprint density at radius 3 is 2.53 bits per heavy atom. The number of aryl methyl sites for hydroxylation is 1. The fourth-order valence-electron chi connectivity index (χ4n) is 5.24. The number of hydrogen-bond acceptors (Lipinski definition) is 9. The van der Waals surface area contributed by atoms with Crippen molar-refractivity contribution in [3.05, 3.63) is 77.3 Å². The molecule has 1 amide bonds. The van der Waals surface area contributed by atoms with Crippen molar-refractivity contribution in [2.45, 2.75) is 32.0 Å². The van der Waals surface area contributed by atoms with Crippen LogP contribution in [0.25, 0.3) is 33.0 Å². The first kappa shape index (κ1) is 30.4. The number of H-pyrrole nitrogens is 1. The number of anilines is 1. The van der Waals surface area contributed by atoms with Crippen LogP contribution < -0.4 is 21.7 Å². The SMILES string of the molecule is NCCCn1c(-c2ccc(N(CCO)CCO)cc2)nc2cc(C(CC(N)=O)NCc3ccc(-c4ccn[nH]4)s3)ccc21. The predicted octanol–water partition coefficient (Wildman–Crippen LogP) is 3.00. The Balaban J connectivity index is 1.42. The lowest BCUT2D eigenvalue weighted by atomic mass is 10.0. The van der Waals surface area contributed by atoms with Crippen molar-refractivity contribution in [1.82, 2.24) is 25.1 Å². The first-order chi connectivity index (χ1) is 21.0. The molecule has 43 heavy (non-hydrogen) atoms. The number of primary amides is 1. The Morgan fingerprint density at radius 1 is 1.07 bits per heavy atom. The lowest BCUT2D eigenvalue weighted by Gasteiger charge is -2.23. The average molecular weight is 603 g/mol. The summed E-state index contributed by atoms with van der Waals surface area (Å²) in [6, 6.07) is 19.9. The monoisotopic (exact) mass is 602 g/mol. The number of carbonyl (C=O) groups is 1. The number of nitrogens with one attached hydrogen (secondary N) is 2. The molecule has 11 nitrogen and oxygen atoms in total. The minimum absolute atomic E-state index is 0.00409. The molecule has 0 aliphatic heterocycles. The summed E-state index contributed by atoms with van der Waals surface area (Å²) in [6.45, 7) is 2.74. The van der Waals surface area contributed by atoms with Crippen molar-refractivity contribution in [3.63, 3.8) is 0 Å². The van der Waals surface area contributed by atoms with Crippen molar-refractivity contribution in [2.24, 2.45) is 11.5 Å². The number of hydrogen-bond donors (Lipinski definition) is 6. The minimum Gasteiger partial charge on any atom is -0.395 e. The van der Waals surface area contributed by atoms with Crippen LogP contribution in [0, 0.1) is 0 Å². The van der Waals surface area contributed by atoms with Crippen molar-refractivity contribution in [2.75, 3.05) is 37.7 Å². The molecule has 1 unspecified atom stereocenters. The van der Waals surface area contributed by atoms with Crippen LogP contribution in [-0.2, 0) is 17.9 Å². The number of carbonyl (C=O) groups excluding carboxylic acids is 1. The number of thiophene rings is 1. The van der Waals surface area contributed by atoms with E-state index in [2.05, 4.69) is 32.2 Å². The molecule has 0 bridgehead atoms. The number of aromatic amines is 1. The molecule has 226 valence electrons. The number of imidazole rings is 1. The summed E-state index contributed by atoms with van der Waals surface area (Å²) in [7, 11) is 0. The summed E-state index contributed by atoms with van der Waals surface area (Å²) in [4.78, 5) is 21.2. The molecule has 0 fully saturated rings. The van der Waals surface area contributed by atoms with E-state index in [0.717, 1.165) is 55.5 Å². The molecule has 0 spiro atoms. The molecular weight excluding hydrogens is 564 g/mol. The number of rotatable bonds is 16. The van der Waals surface area contributed by atoms with Crippen LogP contribution in [0.15, 0.2) is 66.9 Å². The highest BCUT2D eigenvalue weighted by Crippen LogP contribution is 2.31. The van der Waals surface area contributed by atoms with E-state index in [1.54, 1.807) is 17.5 Å². The third kappa shape index (κ3) is 7.29. The molecule has 12 heteroatoms. The van der Waals surface area contributed by atoms with Gasteiger partial charge in [-0.15, -0.1) is 11.3 Å². The highest BCUT2D eigenvalue weighted by molar-refractivity contribution is 7.15. The van der Waals surface area contributed by atoms with E-state index in [0.29, 0.717) is 32.7 Å². The molecule has 0 saturated carbocycles. The van der Waals surface area contributed by atoms with Crippen molar-refractivity contribution >= 4 is 34.0 Å². The van der Waals surface area contributed by atoms with Crippen LogP contribution in [0.3, 0.4) is 0 Å². The Bertz CT molecular complexity index is 1610. The lowest BCUT2D eigenvalue weighted by molar-refractivity contribution is -0.118. The lowest BCUT2D eigenvalue weighted by Crippen LogP contribution is -2.29. The molecule has 3 aromatic heterocycles. The molecule has 0 aliphatic carbocycles. The first-order valence-electron chi connectivity index (χ1n) is 14.4. The zero-order chi connectivity index (χ0) is 30.2. The Morgan fingerprint density at radius 2 is 1.86 bits per heavy atom. The van der Waals surface area contributed by atoms with Gasteiger partial charge in [-0.2, -0.15) is 5.10 Å². The van der Waals surface area contributed by atoms with Gasteiger partial charge >= 0.3 is 0 Å². The molecule has 2 aromatic carbocycles. The van der Waals surface area contributed by atoms with Crippen LogP contribution in [0.1, 0.15) is 29.3 Å². The van der Waals surface area contributed by atoms with Gasteiger partial charge in [0, 0.05) is 61.0 Å². The average Bonchev–Trinajstić information content (AvgIpc) is 3.78. The van der Waals surface area contributed by atoms with E-state index in [9.17, 15) is 15.0 Å². The van der Waals surface area contributed by atoms with Gasteiger partial charge in [0.25, 0.3) is 0 Å². The summed E-state index contributed by atoms with van der Waals surface area (Å²) in [5, 5.41) is 29.4. The van der Waals surface area contributed by atoms with Gasteiger partial charge in [-0.3, -0.25) is 9.89 Å².